The molecule has 2 aromatic rings. The van der Waals surface area contributed by atoms with Gasteiger partial charge in [-0.3, -0.25) is 9.59 Å². The molecule has 0 aromatic carbocycles. The van der Waals surface area contributed by atoms with Crippen molar-refractivity contribution < 1.29 is 18.0 Å². The van der Waals surface area contributed by atoms with Crippen LogP contribution < -0.4 is 15.4 Å². The number of hydrogen-bond acceptors (Lipinski definition) is 8. The highest BCUT2D eigenvalue weighted by atomic mass is 32.2. The average Bonchev–Trinajstić information content (AvgIpc) is 3.06. The minimum atomic E-state index is -4.27. The molecule has 1 saturated heterocycles. The maximum atomic E-state index is 13.3. The summed E-state index contributed by atoms with van der Waals surface area (Å²) in [6, 6.07) is 7.34. The standard InChI is InChI=1S/C26H33N5O4S/c1-16-13-26(4,5)31(15-16)23-17(24(33)30-36(34,35)22-8-6-7-21(27)29-22)9-10-19(28-23)18-14-25(2,3)12-11-20(18)32/h6-10,14,16H,11-13,15H2,1-5H3,(H2,27,29)(H,30,33). The van der Waals surface area contributed by atoms with Crippen molar-refractivity contribution in [2.45, 2.75) is 64.4 Å². The summed E-state index contributed by atoms with van der Waals surface area (Å²) in [7, 11) is -4.27. The molecule has 0 saturated carbocycles. The van der Waals surface area contributed by atoms with Crippen molar-refractivity contribution in [2.24, 2.45) is 11.3 Å². The second kappa shape index (κ2) is 8.99. The lowest BCUT2D eigenvalue weighted by atomic mass is 9.78. The summed E-state index contributed by atoms with van der Waals surface area (Å²) in [5.41, 5.74) is 6.27. The third kappa shape index (κ3) is 5.13. The Morgan fingerprint density at radius 2 is 1.86 bits per heavy atom. The molecule has 2 aliphatic rings. The van der Waals surface area contributed by atoms with Crippen LogP contribution in [0.25, 0.3) is 5.57 Å². The number of anilines is 2. The van der Waals surface area contributed by atoms with Crippen LogP contribution in [-0.4, -0.2) is 42.2 Å². The molecule has 3 N–H and O–H groups in total. The highest BCUT2D eigenvalue weighted by Gasteiger charge is 2.40. The van der Waals surface area contributed by atoms with Crippen LogP contribution in [0.2, 0.25) is 0 Å². The van der Waals surface area contributed by atoms with Gasteiger partial charge in [-0.2, -0.15) is 8.42 Å². The van der Waals surface area contributed by atoms with Gasteiger partial charge in [0.1, 0.15) is 11.6 Å². The van der Waals surface area contributed by atoms with E-state index in [1.165, 1.54) is 18.2 Å². The number of pyridine rings is 2. The van der Waals surface area contributed by atoms with Crippen molar-refractivity contribution in [3.05, 3.63) is 47.7 Å². The quantitative estimate of drug-likeness (QED) is 0.622. The Hall–Kier alpha value is -3.27. The summed E-state index contributed by atoms with van der Waals surface area (Å²) in [6.07, 6.45) is 4.00. The van der Waals surface area contributed by atoms with Crippen LogP contribution in [0.3, 0.4) is 0 Å². The number of allylic oxidation sites excluding steroid dienone is 2. The molecule has 1 aliphatic carbocycles. The van der Waals surface area contributed by atoms with Gasteiger partial charge in [-0.25, -0.2) is 14.7 Å². The molecule has 1 amide bonds. The number of rotatable bonds is 5. The fourth-order valence-corrected chi connectivity index (χ4v) is 6.02. The van der Waals surface area contributed by atoms with Crippen LogP contribution in [0.15, 0.2) is 41.4 Å². The number of amides is 1. The monoisotopic (exact) mass is 511 g/mol. The van der Waals surface area contributed by atoms with Gasteiger partial charge in [0, 0.05) is 24.1 Å². The van der Waals surface area contributed by atoms with E-state index in [-0.39, 0.29) is 33.1 Å². The molecule has 36 heavy (non-hydrogen) atoms. The minimum Gasteiger partial charge on any atom is -0.384 e. The first-order chi connectivity index (χ1) is 16.7. The molecule has 9 nitrogen and oxygen atoms in total. The van der Waals surface area contributed by atoms with Crippen LogP contribution in [-0.2, 0) is 14.8 Å². The van der Waals surface area contributed by atoms with Crippen LogP contribution >= 0.6 is 0 Å². The molecule has 1 atom stereocenters. The lowest BCUT2D eigenvalue weighted by molar-refractivity contribution is -0.114. The van der Waals surface area contributed by atoms with Crippen molar-refractivity contribution >= 4 is 38.9 Å². The topological polar surface area (TPSA) is 135 Å². The van der Waals surface area contributed by atoms with Gasteiger partial charge in [-0.15, -0.1) is 0 Å². The summed E-state index contributed by atoms with van der Waals surface area (Å²) in [5.74, 6) is -0.0938. The summed E-state index contributed by atoms with van der Waals surface area (Å²) < 4.78 is 27.8. The van der Waals surface area contributed by atoms with Crippen LogP contribution in [0.5, 0.6) is 0 Å². The Balaban J connectivity index is 1.79. The van der Waals surface area contributed by atoms with E-state index in [0.717, 1.165) is 12.8 Å². The van der Waals surface area contributed by atoms with Gasteiger partial charge in [0.2, 0.25) is 0 Å². The lowest BCUT2D eigenvalue weighted by Crippen LogP contribution is -2.41. The number of nitrogens with two attached hydrogens (primary N) is 1. The first kappa shape index (κ1) is 25.8. The van der Waals surface area contributed by atoms with E-state index in [2.05, 4.69) is 44.3 Å². The van der Waals surface area contributed by atoms with E-state index in [1.807, 2.05) is 11.0 Å². The molecular weight excluding hydrogens is 478 g/mol. The molecule has 1 aliphatic heterocycles. The van der Waals surface area contributed by atoms with Crippen molar-refractivity contribution in [2.75, 3.05) is 17.2 Å². The Kier molecular flexibility index (Phi) is 6.45. The van der Waals surface area contributed by atoms with Crippen molar-refractivity contribution in [1.29, 1.82) is 0 Å². The largest absolute Gasteiger partial charge is 0.384 e. The van der Waals surface area contributed by atoms with Crippen molar-refractivity contribution in [3.63, 3.8) is 0 Å². The minimum absolute atomic E-state index is 0.00865. The molecular formula is C26H33N5O4S. The van der Waals surface area contributed by atoms with Gasteiger partial charge >= 0.3 is 0 Å². The third-order valence-corrected chi connectivity index (χ3v) is 8.04. The van der Waals surface area contributed by atoms with Gasteiger partial charge in [0.25, 0.3) is 15.9 Å². The van der Waals surface area contributed by atoms with E-state index in [9.17, 15) is 18.0 Å². The maximum Gasteiger partial charge on any atom is 0.281 e. The number of nitrogen functional groups attached to an aromatic ring is 1. The number of aromatic nitrogens is 2. The Morgan fingerprint density at radius 1 is 1.14 bits per heavy atom. The van der Waals surface area contributed by atoms with E-state index >= 15 is 0 Å². The smallest absolute Gasteiger partial charge is 0.281 e. The zero-order chi connectivity index (χ0) is 26.5. The molecule has 4 rings (SSSR count). The predicted molar refractivity (Wildman–Crippen MR) is 139 cm³/mol. The molecule has 2 aromatic heterocycles. The normalized spacial score (nSPS) is 21.2. The predicted octanol–water partition coefficient (Wildman–Crippen LogP) is 3.57. The number of hydrogen-bond donors (Lipinski definition) is 2. The van der Waals surface area contributed by atoms with E-state index < -0.39 is 15.9 Å². The van der Waals surface area contributed by atoms with Gasteiger partial charge in [0.15, 0.2) is 10.8 Å². The lowest BCUT2D eigenvalue weighted by Gasteiger charge is -2.34. The summed E-state index contributed by atoms with van der Waals surface area (Å²) in [6.45, 7) is 11.0. The second-order valence-corrected chi connectivity index (χ2v) is 12.7. The summed E-state index contributed by atoms with van der Waals surface area (Å²) >= 11 is 0. The SMILES string of the molecule is CC1CN(c2nc(C3=CC(C)(C)CCC3=O)ccc2C(=O)NS(=O)(=O)c2cccc(N)n2)C(C)(C)C1. The zero-order valence-electron chi connectivity index (χ0n) is 21.3. The molecule has 1 unspecified atom stereocenters. The molecule has 192 valence electrons. The fourth-order valence-electron chi connectivity index (χ4n) is 5.08. The van der Waals surface area contributed by atoms with Crippen LogP contribution in [0.1, 0.15) is 69.9 Å². The van der Waals surface area contributed by atoms with E-state index in [1.54, 1.807) is 12.1 Å². The Bertz CT molecular complexity index is 1360. The molecule has 10 heteroatoms. The molecule has 1 fully saturated rings. The highest BCUT2D eigenvalue weighted by Crippen LogP contribution is 2.39. The Labute approximate surface area is 212 Å². The van der Waals surface area contributed by atoms with Gasteiger partial charge in [-0.1, -0.05) is 32.9 Å². The summed E-state index contributed by atoms with van der Waals surface area (Å²) in [4.78, 5) is 36.8. The first-order valence-electron chi connectivity index (χ1n) is 12.0. The number of carbonyl (C=O) groups is 2. The number of ketones is 1. The molecule has 0 radical (unpaired) electrons. The number of carbonyl (C=O) groups excluding carboxylic acids is 2. The number of Topliss-reactive ketones (excluding diaryl/α,β-unsaturated/α-hetero) is 1. The number of nitrogens with zero attached hydrogens (tertiary/aromatic N) is 3. The van der Waals surface area contributed by atoms with Crippen molar-refractivity contribution in [3.8, 4) is 0 Å². The number of sulfonamides is 1. The van der Waals surface area contributed by atoms with E-state index in [4.69, 9.17) is 10.7 Å². The maximum absolute atomic E-state index is 13.3. The van der Waals surface area contributed by atoms with Gasteiger partial charge < -0.3 is 10.6 Å². The zero-order valence-corrected chi connectivity index (χ0v) is 22.1. The van der Waals surface area contributed by atoms with E-state index in [0.29, 0.717) is 36.0 Å². The van der Waals surface area contributed by atoms with Crippen molar-refractivity contribution in [1.82, 2.24) is 14.7 Å². The van der Waals surface area contributed by atoms with Crippen LogP contribution in [0, 0.1) is 11.3 Å². The second-order valence-electron chi connectivity index (χ2n) is 11.1. The first-order valence-corrected chi connectivity index (χ1v) is 13.5. The third-order valence-electron chi connectivity index (χ3n) is 6.80. The van der Waals surface area contributed by atoms with Crippen LogP contribution in [0.4, 0.5) is 11.6 Å². The number of nitrogens with one attached hydrogen (secondary N) is 1. The fraction of sp³-hybridized carbons (Fsp3) is 0.462. The molecule has 0 spiro atoms. The molecule has 0 bridgehead atoms. The Morgan fingerprint density at radius 3 is 2.50 bits per heavy atom. The highest BCUT2D eigenvalue weighted by molar-refractivity contribution is 7.90. The van der Waals surface area contributed by atoms with Gasteiger partial charge in [-0.05, 0) is 62.3 Å². The van der Waals surface area contributed by atoms with Gasteiger partial charge in [0.05, 0.1) is 11.3 Å². The summed E-state index contributed by atoms with van der Waals surface area (Å²) in [5, 5.41) is -0.350. The molecule has 3 heterocycles. The average molecular weight is 512 g/mol.